The van der Waals surface area contributed by atoms with Gasteiger partial charge < -0.3 is 15.3 Å². The van der Waals surface area contributed by atoms with Crippen LogP contribution in [0.25, 0.3) is 0 Å². The molecule has 0 aromatic carbocycles. The van der Waals surface area contributed by atoms with Crippen LogP contribution in [-0.4, -0.2) is 47.6 Å². The average molecular weight is 282 g/mol. The zero-order chi connectivity index (χ0) is 14.8. The fourth-order valence-electron chi connectivity index (χ4n) is 3.52. The first-order valence-electron chi connectivity index (χ1n) is 7.66. The summed E-state index contributed by atoms with van der Waals surface area (Å²) in [7, 11) is 2.10. The molecule has 1 aliphatic heterocycles. The van der Waals surface area contributed by atoms with Gasteiger partial charge in [-0.25, -0.2) is 0 Å². The quantitative estimate of drug-likeness (QED) is 0.822. The number of nitrogens with zero attached hydrogens (tertiary/aromatic N) is 1. The normalized spacial score (nSPS) is 30.1. The van der Waals surface area contributed by atoms with E-state index in [0.29, 0.717) is 18.9 Å². The van der Waals surface area contributed by atoms with E-state index in [1.165, 1.54) is 0 Å². The van der Waals surface area contributed by atoms with Crippen LogP contribution in [0.4, 0.5) is 0 Å². The summed E-state index contributed by atoms with van der Waals surface area (Å²) in [6.07, 6.45) is 5.16. The molecule has 0 aromatic heterocycles. The van der Waals surface area contributed by atoms with Crippen molar-refractivity contribution in [3.05, 3.63) is 0 Å². The van der Waals surface area contributed by atoms with E-state index in [9.17, 15) is 14.7 Å². The highest BCUT2D eigenvalue weighted by atomic mass is 16.4. The van der Waals surface area contributed by atoms with E-state index in [1.54, 1.807) is 0 Å². The molecular formula is C15H26N2O3. The average Bonchev–Trinajstić information content (AvgIpc) is 2.83. The number of carbonyl (C=O) groups is 2. The Balaban J connectivity index is 1.87. The molecule has 1 saturated carbocycles. The zero-order valence-corrected chi connectivity index (χ0v) is 12.5. The van der Waals surface area contributed by atoms with E-state index in [2.05, 4.69) is 24.2 Å². The standard InChI is InChI=1S/C15H26N2O3/c1-11-9-12(5-8-17(11)2)16-13(18)10-15(14(19)20)6-3-4-7-15/h11-12H,3-10H2,1-2H3,(H,16,18)(H,19,20). The first-order chi connectivity index (χ1) is 9.43. The lowest BCUT2D eigenvalue weighted by atomic mass is 9.82. The Hall–Kier alpha value is -1.10. The maximum Gasteiger partial charge on any atom is 0.310 e. The van der Waals surface area contributed by atoms with Gasteiger partial charge in [0.25, 0.3) is 0 Å². The molecular weight excluding hydrogens is 256 g/mol. The molecule has 2 aliphatic rings. The van der Waals surface area contributed by atoms with Gasteiger partial charge in [0.2, 0.25) is 5.91 Å². The fraction of sp³-hybridized carbons (Fsp3) is 0.867. The molecule has 1 aliphatic carbocycles. The highest BCUT2D eigenvalue weighted by Crippen LogP contribution is 2.41. The number of carboxylic acid groups (broad SMARTS) is 1. The number of likely N-dealkylation sites (tertiary alicyclic amines) is 1. The van der Waals surface area contributed by atoms with E-state index >= 15 is 0 Å². The minimum atomic E-state index is -0.804. The summed E-state index contributed by atoms with van der Waals surface area (Å²) >= 11 is 0. The first kappa shape index (κ1) is 15.3. The zero-order valence-electron chi connectivity index (χ0n) is 12.5. The van der Waals surface area contributed by atoms with Crippen LogP contribution in [0.3, 0.4) is 0 Å². The molecule has 0 spiro atoms. The lowest BCUT2D eigenvalue weighted by Crippen LogP contribution is -2.48. The van der Waals surface area contributed by atoms with Crippen molar-refractivity contribution in [2.24, 2.45) is 5.41 Å². The highest BCUT2D eigenvalue weighted by molar-refractivity contribution is 5.85. The predicted molar refractivity (Wildman–Crippen MR) is 76.4 cm³/mol. The minimum Gasteiger partial charge on any atom is -0.481 e. The Kier molecular flexibility index (Phi) is 4.68. The van der Waals surface area contributed by atoms with E-state index in [4.69, 9.17) is 0 Å². The lowest BCUT2D eigenvalue weighted by Gasteiger charge is -2.35. The molecule has 2 rings (SSSR count). The molecule has 1 heterocycles. The molecule has 2 fully saturated rings. The van der Waals surface area contributed by atoms with Crippen LogP contribution in [0.1, 0.15) is 51.9 Å². The summed E-state index contributed by atoms with van der Waals surface area (Å²) in [5.41, 5.74) is -0.804. The van der Waals surface area contributed by atoms with Gasteiger partial charge in [0.1, 0.15) is 0 Å². The number of piperidine rings is 1. The van der Waals surface area contributed by atoms with Crippen LogP contribution in [0.15, 0.2) is 0 Å². The minimum absolute atomic E-state index is 0.0870. The molecule has 0 radical (unpaired) electrons. The Bertz CT molecular complexity index is 377. The molecule has 2 unspecified atom stereocenters. The van der Waals surface area contributed by atoms with Crippen molar-refractivity contribution in [3.63, 3.8) is 0 Å². The van der Waals surface area contributed by atoms with Crippen molar-refractivity contribution in [1.29, 1.82) is 0 Å². The number of nitrogens with one attached hydrogen (secondary N) is 1. The van der Waals surface area contributed by atoms with E-state index < -0.39 is 11.4 Å². The molecule has 20 heavy (non-hydrogen) atoms. The highest BCUT2D eigenvalue weighted by Gasteiger charge is 2.43. The van der Waals surface area contributed by atoms with Crippen molar-refractivity contribution >= 4 is 11.9 Å². The van der Waals surface area contributed by atoms with Gasteiger partial charge in [0.15, 0.2) is 0 Å². The maximum absolute atomic E-state index is 12.2. The van der Waals surface area contributed by atoms with Crippen molar-refractivity contribution < 1.29 is 14.7 Å². The Morgan fingerprint density at radius 3 is 2.55 bits per heavy atom. The molecule has 1 amide bonds. The van der Waals surface area contributed by atoms with Crippen LogP contribution in [0.5, 0.6) is 0 Å². The molecule has 0 bridgehead atoms. The number of rotatable bonds is 4. The molecule has 1 saturated heterocycles. The largest absolute Gasteiger partial charge is 0.481 e. The second kappa shape index (κ2) is 6.12. The first-order valence-corrected chi connectivity index (χ1v) is 7.66. The van der Waals surface area contributed by atoms with Gasteiger partial charge >= 0.3 is 5.97 Å². The van der Waals surface area contributed by atoms with Gasteiger partial charge in [-0.3, -0.25) is 9.59 Å². The van der Waals surface area contributed by atoms with E-state index in [-0.39, 0.29) is 18.4 Å². The number of carboxylic acids is 1. The Labute approximate surface area is 120 Å². The third-order valence-corrected chi connectivity index (χ3v) is 5.09. The Morgan fingerprint density at radius 2 is 2.00 bits per heavy atom. The summed E-state index contributed by atoms with van der Waals surface area (Å²) in [5.74, 6) is -0.891. The van der Waals surface area contributed by atoms with E-state index in [1.807, 2.05) is 0 Å². The topological polar surface area (TPSA) is 69.6 Å². The van der Waals surface area contributed by atoms with Gasteiger partial charge in [0, 0.05) is 25.0 Å². The van der Waals surface area contributed by atoms with Crippen LogP contribution in [0, 0.1) is 5.41 Å². The third-order valence-electron chi connectivity index (χ3n) is 5.09. The van der Waals surface area contributed by atoms with Crippen molar-refractivity contribution in [3.8, 4) is 0 Å². The second-order valence-corrected chi connectivity index (χ2v) is 6.59. The van der Waals surface area contributed by atoms with Gasteiger partial charge in [-0.1, -0.05) is 12.8 Å². The molecule has 2 N–H and O–H groups in total. The number of carbonyl (C=O) groups excluding carboxylic acids is 1. The van der Waals surface area contributed by atoms with Crippen molar-refractivity contribution in [2.75, 3.05) is 13.6 Å². The summed E-state index contributed by atoms with van der Waals surface area (Å²) in [4.78, 5) is 25.9. The number of amides is 1. The predicted octanol–water partition coefficient (Wildman–Crippen LogP) is 1.62. The molecule has 2 atom stereocenters. The summed E-state index contributed by atoms with van der Waals surface area (Å²) in [6, 6.07) is 0.662. The van der Waals surface area contributed by atoms with Gasteiger partial charge in [-0.15, -0.1) is 0 Å². The van der Waals surface area contributed by atoms with Gasteiger partial charge in [0.05, 0.1) is 5.41 Å². The molecule has 114 valence electrons. The smallest absolute Gasteiger partial charge is 0.310 e. The Morgan fingerprint density at radius 1 is 1.35 bits per heavy atom. The van der Waals surface area contributed by atoms with Crippen LogP contribution in [-0.2, 0) is 9.59 Å². The van der Waals surface area contributed by atoms with E-state index in [0.717, 1.165) is 32.2 Å². The van der Waals surface area contributed by atoms with Crippen LogP contribution in [0.2, 0.25) is 0 Å². The van der Waals surface area contributed by atoms with Gasteiger partial charge in [-0.05, 0) is 39.7 Å². The summed E-state index contributed by atoms with van der Waals surface area (Å²) < 4.78 is 0. The fourth-order valence-corrected chi connectivity index (χ4v) is 3.52. The molecule has 0 aromatic rings. The summed E-state index contributed by atoms with van der Waals surface area (Å²) in [6.45, 7) is 3.14. The van der Waals surface area contributed by atoms with Crippen LogP contribution >= 0.6 is 0 Å². The lowest BCUT2D eigenvalue weighted by molar-refractivity contribution is -0.151. The monoisotopic (exact) mass is 282 g/mol. The number of hydrogen-bond acceptors (Lipinski definition) is 3. The number of aliphatic carboxylic acids is 1. The second-order valence-electron chi connectivity index (χ2n) is 6.59. The SMILES string of the molecule is CC1CC(NC(=O)CC2(C(=O)O)CCCC2)CCN1C. The van der Waals surface area contributed by atoms with Gasteiger partial charge in [-0.2, -0.15) is 0 Å². The molecule has 5 heteroatoms. The maximum atomic E-state index is 12.2. The summed E-state index contributed by atoms with van der Waals surface area (Å²) in [5, 5.41) is 12.5. The number of hydrogen-bond donors (Lipinski definition) is 2. The van der Waals surface area contributed by atoms with Crippen LogP contribution < -0.4 is 5.32 Å². The van der Waals surface area contributed by atoms with Crippen molar-refractivity contribution in [2.45, 2.75) is 64.0 Å². The van der Waals surface area contributed by atoms with Crippen molar-refractivity contribution in [1.82, 2.24) is 10.2 Å². The third kappa shape index (κ3) is 3.32. The molecule has 5 nitrogen and oxygen atoms in total.